The van der Waals surface area contributed by atoms with Crippen molar-refractivity contribution in [1.82, 2.24) is 14.5 Å². The number of carbonyl (C=O) groups is 1. The van der Waals surface area contributed by atoms with Gasteiger partial charge in [-0.2, -0.15) is 0 Å². The van der Waals surface area contributed by atoms with Gasteiger partial charge in [0.2, 0.25) is 0 Å². The van der Waals surface area contributed by atoms with Crippen LogP contribution in [0.4, 0.5) is 5.69 Å². The van der Waals surface area contributed by atoms with E-state index < -0.39 is 0 Å². The molecule has 4 rings (SSSR count). The highest BCUT2D eigenvalue weighted by atomic mass is 79.9. The predicted molar refractivity (Wildman–Crippen MR) is 107 cm³/mol. The highest BCUT2D eigenvalue weighted by molar-refractivity contribution is 9.10. The molecule has 26 heavy (non-hydrogen) atoms. The minimum atomic E-state index is -0.224. The Bertz CT molecular complexity index is 1010. The first kappa shape index (κ1) is 17.5. The number of carbonyl (C=O) groups excluding carboxylic acids is 1. The third kappa shape index (κ3) is 3.23. The minimum Gasteiger partial charge on any atom is -0.321 e. The van der Waals surface area contributed by atoms with Crippen molar-refractivity contribution < 1.29 is 4.79 Å². The van der Waals surface area contributed by atoms with Crippen LogP contribution in [0.25, 0.3) is 11.2 Å². The number of amides is 1. The van der Waals surface area contributed by atoms with Gasteiger partial charge in [0, 0.05) is 23.1 Å². The molecule has 0 fully saturated rings. The topological polar surface area (TPSA) is 59.8 Å². The second-order valence-corrected chi connectivity index (χ2v) is 7.87. The van der Waals surface area contributed by atoms with Crippen LogP contribution in [0.3, 0.4) is 0 Å². The zero-order valence-corrected chi connectivity index (χ0v) is 16.7. The Morgan fingerprint density at radius 1 is 1.23 bits per heavy atom. The number of nitrogens with zero attached hydrogens (tertiary/aromatic N) is 3. The Hall–Kier alpha value is -1.92. The fraction of sp³-hybridized carbons (Fsp3) is 0.316. The first-order valence-electron chi connectivity index (χ1n) is 8.66. The van der Waals surface area contributed by atoms with E-state index in [1.165, 1.54) is 6.42 Å². The molecule has 0 bridgehead atoms. The highest BCUT2D eigenvalue weighted by Crippen LogP contribution is 2.28. The number of rotatable bonds is 2. The number of aromatic nitrogens is 3. The molecule has 0 spiro atoms. The van der Waals surface area contributed by atoms with Gasteiger partial charge >= 0.3 is 0 Å². The zero-order valence-electron chi connectivity index (χ0n) is 14.4. The molecule has 134 valence electrons. The fourth-order valence-electron chi connectivity index (χ4n) is 3.37. The number of benzene rings is 1. The average molecular weight is 434 g/mol. The number of nitrogens with one attached hydrogen (secondary N) is 1. The molecule has 1 aliphatic rings. The molecule has 1 N–H and O–H groups in total. The molecule has 0 radical (unpaired) electrons. The Morgan fingerprint density at radius 3 is 2.88 bits per heavy atom. The molecule has 2 aromatic heterocycles. The van der Waals surface area contributed by atoms with E-state index >= 15 is 0 Å². The van der Waals surface area contributed by atoms with Crippen LogP contribution < -0.4 is 5.32 Å². The fourth-order valence-corrected chi connectivity index (χ4v) is 4.09. The summed E-state index contributed by atoms with van der Waals surface area (Å²) in [7, 11) is 0. The molecule has 0 aliphatic carbocycles. The van der Waals surface area contributed by atoms with E-state index in [1.54, 1.807) is 18.2 Å². The molecule has 0 atom stereocenters. The smallest absolute Gasteiger partial charge is 0.258 e. The second-order valence-electron chi connectivity index (χ2n) is 6.55. The number of hydrogen-bond acceptors (Lipinski definition) is 3. The quantitative estimate of drug-likeness (QED) is 0.609. The molecule has 5 nitrogen and oxygen atoms in total. The Labute approximate surface area is 164 Å². The summed E-state index contributed by atoms with van der Waals surface area (Å²) >= 11 is 9.60. The van der Waals surface area contributed by atoms with E-state index in [1.807, 2.05) is 13.0 Å². The van der Waals surface area contributed by atoms with Gasteiger partial charge in [0.15, 0.2) is 5.65 Å². The van der Waals surface area contributed by atoms with Gasteiger partial charge in [-0.25, -0.2) is 9.97 Å². The normalized spacial score (nSPS) is 14.1. The summed E-state index contributed by atoms with van der Waals surface area (Å²) in [6.07, 6.45) is 4.36. The van der Waals surface area contributed by atoms with Crippen molar-refractivity contribution in [2.75, 3.05) is 5.32 Å². The first-order chi connectivity index (χ1) is 12.5. The monoisotopic (exact) mass is 432 g/mol. The summed E-state index contributed by atoms with van der Waals surface area (Å²) in [5, 5.41) is 3.38. The van der Waals surface area contributed by atoms with E-state index in [0.717, 1.165) is 47.4 Å². The Balaban J connectivity index is 1.77. The lowest BCUT2D eigenvalue weighted by Gasteiger charge is -2.09. The second kappa shape index (κ2) is 7.00. The van der Waals surface area contributed by atoms with E-state index in [4.69, 9.17) is 16.6 Å². The van der Waals surface area contributed by atoms with Crippen molar-refractivity contribution in [3.63, 3.8) is 0 Å². The standard InChI is InChI=1S/C19H18BrClN4O/c1-11-9-13(19(26)23-15-7-6-12(20)10-14(15)21)17-18(22-11)25-8-4-2-3-5-16(25)24-17/h6-7,9-10H,2-5,8H2,1H3,(H,23,26). The molecule has 7 heteroatoms. The molecule has 0 unspecified atom stereocenters. The van der Waals surface area contributed by atoms with Gasteiger partial charge in [-0.15, -0.1) is 0 Å². The van der Waals surface area contributed by atoms with Crippen molar-refractivity contribution in [1.29, 1.82) is 0 Å². The third-order valence-electron chi connectivity index (χ3n) is 4.62. The zero-order chi connectivity index (χ0) is 18.3. The number of fused-ring (bicyclic) bond motifs is 3. The first-order valence-corrected chi connectivity index (χ1v) is 9.83. The number of pyridine rings is 1. The molecular formula is C19H18BrClN4O. The molecule has 0 saturated heterocycles. The van der Waals surface area contributed by atoms with Crippen molar-refractivity contribution in [2.45, 2.75) is 39.2 Å². The van der Waals surface area contributed by atoms with Crippen LogP contribution >= 0.6 is 27.5 Å². The number of imidazole rings is 1. The van der Waals surface area contributed by atoms with Crippen LogP contribution in [-0.2, 0) is 13.0 Å². The van der Waals surface area contributed by atoms with Crippen LogP contribution in [0.15, 0.2) is 28.7 Å². The summed E-state index contributed by atoms with van der Waals surface area (Å²) in [5.74, 6) is 0.796. The Morgan fingerprint density at radius 2 is 2.08 bits per heavy atom. The predicted octanol–water partition coefficient (Wildman–Crippen LogP) is 5.13. The van der Waals surface area contributed by atoms with Crippen LogP contribution in [0.5, 0.6) is 0 Å². The molecule has 3 aromatic rings. The van der Waals surface area contributed by atoms with Crippen LogP contribution in [0, 0.1) is 6.92 Å². The molecule has 1 aromatic carbocycles. The molecule has 0 saturated carbocycles. The van der Waals surface area contributed by atoms with Gasteiger partial charge < -0.3 is 9.88 Å². The van der Waals surface area contributed by atoms with Crippen LogP contribution in [-0.4, -0.2) is 20.4 Å². The number of anilines is 1. The number of halogens is 2. The lowest BCUT2D eigenvalue weighted by atomic mass is 10.1. The summed E-state index contributed by atoms with van der Waals surface area (Å²) < 4.78 is 3.03. The lowest BCUT2D eigenvalue weighted by Crippen LogP contribution is -2.14. The van der Waals surface area contributed by atoms with Crippen molar-refractivity contribution in [2.24, 2.45) is 0 Å². The molecule has 3 heterocycles. The van der Waals surface area contributed by atoms with E-state index in [9.17, 15) is 4.79 Å². The summed E-state index contributed by atoms with van der Waals surface area (Å²) in [6, 6.07) is 7.16. The largest absolute Gasteiger partial charge is 0.321 e. The SMILES string of the molecule is Cc1cc(C(=O)Nc2ccc(Br)cc2Cl)c2nc3n(c2n1)CCCCC3. The maximum atomic E-state index is 12.9. The van der Waals surface area contributed by atoms with Crippen molar-refractivity contribution in [3.8, 4) is 0 Å². The summed E-state index contributed by atoms with van der Waals surface area (Å²) in [5.41, 5.74) is 3.37. The summed E-state index contributed by atoms with van der Waals surface area (Å²) in [6.45, 7) is 2.81. The molecule has 1 aliphatic heterocycles. The van der Waals surface area contributed by atoms with Gasteiger partial charge in [-0.1, -0.05) is 34.0 Å². The summed E-state index contributed by atoms with van der Waals surface area (Å²) in [4.78, 5) is 22.4. The van der Waals surface area contributed by atoms with Gasteiger partial charge in [-0.05, 0) is 44.0 Å². The van der Waals surface area contributed by atoms with Crippen LogP contribution in [0.2, 0.25) is 5.02 Å². The number of aryl methyl sites for hydroxylation is 3. The highest BCUT2D eigenvalue weighted by Gasteiger charge is 2.21. The Kier molecular flexibility index (Phi) is 4.71. The van der Waals surface area contributed by atoms with Gasteiger partial charge in [0.1, 0.15) is 11.3 Å². The average Bonchev–Trinajstić information content (AvgIpc) is 2.78. The van der Waals surface area contributed by atoms with E-state index in [2.05, 4.69) is 30.8 Å². The maximum Gasteiger partial charge on any atom is 0.258 e. The lowest BCUT2D eigenvalue weighted by molar-refractivity contribution is 0.102. The minimum absolute atomic E-state index is 0.224. The maximum absolute atomic E-state index is 12.9. The van der Waals surface area contributed by atoms with Gasteiger partial charge in [-0.3, -0.25) is 4.79 Å². The van der Waals surface area contributed by atoms with Crippen LogP contribution in [0.1, 0.15) is 41.1 Å². The molecule has 1 amide bonds. The van der Waals surface area contributed by atoms with Gasteiger partial charge in [0.25, 0.3) is 5.91 Å². The van der Waals surface area contributed by atoms with E-state index in [-0.39, 0.29) is 5.91 Å². The van der Waals surface area contributed by atoms with Crippen molar-refractivity contribution >= 4 is 50.3 Å². The third-order valence-corrected chi connectivity index (χ3v) is 5.42. The van der Waals surface area contributed by atoms with Gasteiger partial charge in [0.05, 0.1) is 16.3 Å². The van der Waals surface area contributed by atoms with Crippen molar-refractivity contribution in [3.05, 3.63) is 50.8 Å². The van der Waals surface area contributed by atoms with E-state index in [0.29, 0.717) is 21.8 Å². The number of hydrogen-bond donors (Lipinski definition) is 1. The molecular weight excluding hydrogens is 416 g/mol.